The Morgan fingerprint density at radius 2 is 2.31 bits per heavy atom. The van der Waals surface area contributed by atoms with E-state index < -0.39 is 0 Å². The van der Waals surface area contributed by atoms with Crippen molar-refractivity contribution in [3.8, 4) is 0 Å². The molecule has 0 unspecified atom stereocenters. The van der Waals surface area contributed by atoms with E-state index in [1.807, 2.05) is 0 Å². The van der Waals surface area contributed by atoms with Crippen LogP contribution in [0.1, 0.15) is 25.7 Å². The smallest absolute Gasteiger partial charge is 0.328 e. The lowest BCUT2D eigenvalue weighted by atomic mass is 9.98. The molecule has 0 atom stereocenters. The first-order valence-corrected chi connectivity index (χ1v) is 4.61. The van der Waals surface area contributed by atoms with Crippen molar-refractivity contribution in [3.63, 3.8) is 0 Å². The Kier molecular flexibility index (Phi) is 1.95. The van der Waals surface area contributed by atoms with Crippen molar-refractivity contribution in [3.05, 3.63) is 16.8 Å². The van der Waals surface area contributed by atoms with Gasteiger partial charge in [-0.05, 0) is 12.8 Å². The maximum Gasteiger partial charge on any atom is 0.343 e. The second-order valence-electron chi connectivity index (χ2n) is 3.67. The van der Waals surface area contributed by atoms with E-state index in [4.69, 9.17) is 5.73 Å². The highest BCUT2D eigenvalue weighted by molar-refractivity contribution is 4.93. The molecule has 0 spiro atoms. The molecule has 1 saturated carbocycles. The summed E-state index contributed by atoms with van der Waals surface area (Å²) in [5.74, 6) is 0. The molecule has 1 aliphatic rings. The number of H-pyrrole nitrogens is 1. The highest BCUT2D eigenvalue weighted by atomic mass is 16.1. The third-order valence-corrected chi connectivity index (χ3v) is 2.98. The van der Waals surface area contributed by atoms with Crippen molar-refractivity contribution >= 4 is 0 Å². The fourth-order valence-electron chi connectivity index (χ4n) is 2.16. The maximum atomic E-state index is 11.4. The van der Waals surface area contributed by atoms with Gasteiger partial charge in [-0.3, -0.25) is 4.57 Å². The lowest BCUT2D eigenvalue weighted by Gasteiger charge is -2.27. The summed E-state index contributed by atoms with van der Waals surface area (Å²) in [6.07, 6.45) is 5.83. The molecule has 3 N–H and O–H groups in total. The van der Waals surface area contributed by atoms with Crippen molar-refractivity contribution < 1.29 is 0 Å². The number of aromatic amines is 1. The minimum absolute atomic E-state index is 0.146. The van der Waals surface area contributed by atoms with Crippen molar-refractivity contribution in [1.29, 1.82) is 0 Å². The van der Waals surface area contributed by atoms with Crippen LogP contribution >= 0.6 is 0 Å². The minimum atomic E-state index is -0.163. The molecule has 0 bridgehead atoms. The molecule has 13 heavy (non-hydrogen) atoms. The second kappa shape index (κ2) is 2.99. The maximum absolute atomic E-state index is 11.4. The van der Waals surface area contributed by atoms with Crippen LogP contribution in [0.25, 0.3) is 0 Å². The van der Waals surface area contributed by atoms with Crippen molar-refractivity contribution in [2.75, 3.05) is 6.54 Å². The van der Waals surface area contributed by atoms with E-state index in [9.17, 15) is 4.79 Å². The Morgan fingerprint density at radius 1 is 1.62 bits per heavy atom. The van der Waals surface area contributed by atoms with Gasteiger partial charge in [-0.2, -0.15) is 5.10 Å². The predicted octanol–water partition coefficient (Wildman–Crippen LogP) is -0.201. The molecule has 1 aromatic heterocycles. The Balaban J connectivity index is 2.42. The first kappa shape index (κ1) is 8.50. The molecule has 72 valence electrons. The molecule has 0 amide bonds. The van der Waals surface area contributed by atoms with Crippen LogP contribution in [0, 0.1) is 0 Å². The van der Waals surface area contributed by atoms with Crippen LogP contribution in [0.5, 0.6) is 0 Å². The Morgan fingerprint density at radius 3 is 2.77 bits per heavy atom. The van der Waals surface area contributed by atoms with Crippen LogP contribution in [0.2, 0.25) is 0 Å². The van der Waals surface area contributed by atoms with E-state index in [-0.39, 0.29) is 11.2 Å². The fourth-order valence-corrected chi connectivity index (χ4v) is 2.16. The van der Waals surface area contributed by atoms with Crippen molar-refractivity contribution in [2.24, 2.45) is 5.73 Å². The first-order chi connectivity index (χ1) is 6.28. The molecule has 1 aliphatic carbocycles. The minimum Gasteiger partial charge on any atom is -0.328 e. The normalized spacial score (nSPS) is 20.7. The number of hydrogen-bond donors (Lipinski definition) is 2. The lowest BCUT2D eigenvalue weighted by molar-refractivity contribution is 0.295. The van der Waals surface area contributed by atoms with Gasteiger partial charge in [-0.1, -0.05) is 12.8 Å². The summed E-state index contributed by atoms with van der Waals surface area (Å²) >= 11 is 0. The van der Waals surface area contributed by atoms with Gasteiger partial charge >= 0.3 is 5.69 Å². The summed E-state index contributed by atoms with van der Waals surface area (Å²) in [4.78, 5) is 11.4. The quantitative estimate of drug-likeness (QED) is 0.665. The molecule has 1 aromatic rings. The van der Waals surface area contributed by atoms with Crippen LogP contribution in [0.3, 0.4) is 0 Å². The number of nitrogens with one attached hydrogen (secondary N) is 1. The molecule has 5 nitrogen and oxygen atoms in total. The van der Waals surface area contributed by atoms with Crippen LogP contribution in [0.4, 0.5) is 0 Å². The summed E-state index contributed by atoms with van der Waals surface area (Å²) in [6.45, 7) is 0.520. The number of rotatable bonds is 2. The molecular formula is C8H14N4O. The van der Waals surface area contributed by atoms with Gasteiger partial charge in [0.2, 0.25) is 0 Å². The zero-order chi connectivity index (χ0) is 9.31. The second-order valence-corrected chi connectivity index (χ2v) is 3.67. The van der Waals surface area contributed by atoms with Gasteiger partial charge in [0.05, 0.1) is 5.54 Å². The molecule has 0 aromatic carbocycles. The van der Waals surface area contributed by atoms with Crippen LogP contribution in [-0.2, 0) is 5.54 Å². The summed E-state index contributed by atoms with van der Waals surface area (Å²) < 4.78 is 1.65. The van der Waals surface area contributed by atoms with E-state index >= 15 is 0 Å². The number of nitrogens with two attached hydrogens (primary N) is 1. The molecule has 1 heterocycles. The molecule has 0 radical (unpaired) electrons. The molecule has 1 fully saturated rings. The predicted molar refractivity (Wildman–Crippen MR) is 48.3 cm³/mol. The van der Waals surface area contributed by atoms with Gasteiger partial charge in [-0.25, -0.2) is 9.89 Å². The number of nitrogens with zero attached hydrogens (tertiary/aromatic N) is 2. The van der Waals surface area contributed by atoms with E-state index in [0.29, 0.717) is 6.54 Å². The van der Waals surface area contributed by atoms with Crippen LogP contribution < -0.4 is 11.4 Å². The SMILES string of the molecule is NCC1(n2cn[nH]c2=O)CCCC1. The Bertz CT molecular complexity index is 334. The fraction of sp³-hybridized carbons (Fsp3) is 0.750. The number of hydrogen-bond acceptors (Lipinski definition) is 3. The average molecular weight is 182 g/mol. The highest BCUT2D eigenvalue weighted by Crippen LogP contribution is 2.34. The summed E-state index contributed by atoms with van der Waals surface area (Å²) in [5.41, 5.74) is 5.42. The van der Waals surface area contributed by atoms with Crippen LogP contribution in [-0.4, -0.2) is 21.3 Å². The largest absolute Gasteiger partial charge is 0.343 e. The van der Waals surface area contributed by atoms with Gasteiger partial charge < -0.3 is 5.73 Å². The van der Waals surface area contributed by atoms with E-state index in [0.717, 1.165) is 25.7 Å². The highest BCUT2D eigenvalue weighted by Gasteiger charge is 2.35. The van der Waals surface area contributed by atoms with Crippen molar-refractivity contribution in [2.45, 2.75) is 31.2 Å². The monoisotopic (exact) mass is 182 g/mol. The van der Waals surface area contributed by atoms with Crippen LogP contribution in [0.15, 0.2) is 11.1 Å². The van der Waals surface area contributed by atoms with Gasteiger partial charge in [0, 0.05) is 6.54 Å². The zero-order valence-corrected chi connectivity index (χ0v) is 7.49. The van der Waals surface area contributed by atoms with Gasteiger partial charge in [0.1, 0.15) is 6.33 Å². The zero-order valence-electron chi connectivity index (χ0n) is 7.49. The third-order valence-electron chi connectivity index (χ3n) is 2.98. The van der Waals surface area contributed by atoms with E-state index in [2.05, 4.69) is 10.2 Å². The Hall–Kier alpha value is -1.10. The number of aromatic nitrogens is 3. The topological polar surface area (TPSA) is 76.7 Å². The van der Waals surface area contributed by atoms with Gasteiger partial charge in [0.25, 0.3) is 0 Å². The first-order valence-electron chi connectivity index (χ1n) is 4.61. The lowest BCUT2D eigenvalue weighted by Crippen LogP contribution is -2.43. The summed E-state index contributed by atoms with van der Waals surface area (Å²) in [7, 11) is 0. The molecule has 0 aliphatic heterocycles. The van der Waals surface area contributed by atoms with Gasteiger partial charge in [-0.15, -0.1) is 0 Å². The molecule has 5 heteroatoms. The van der Waals surface area contributed by atoms with E-state index in [1.54, 1.807) is 10.9 Å². The molecule has 0 saturated heterocycles. The van der Waals surface area contributed by atoms with E-state index in [1.165, 1.54) is 0 Å². The van der Waals surface area contributed by atoms with Gasteiger partial charge in [0.15, 0.2) is 0 Å². The average Bonchev–Trinajstić information content (AvgIpc) is 2.73. The summed E-state index contributed by atoms with van der Waals surface area (Å²) in [5, 5.41) is 6.14. The summed E-state index contributed by atoms with van der Waals surface area (Å²) in [6, 6.07) is 0. The molecular weight excluding hydrogens is 168 g/mol. The standard InChI is InChI=1S/C8H14N4O/c9-5-8(3-1-2-4-8)12-6-10-11-7(12)13/h6H,1-5,9H2,(H,11,13). The molecule has 2 rings (SSSR count). The Labute approximate surface area is 75.9 Å². The third kappa shape index (κ3) is 1.19. The van der Waals surface area contributed by atoms with Crippen molar-refractivity contribution in [1.82, 2.24) is 14.8 Å².